The third-order valence-corrected chi connectivity index (χ3v) is 4.78. The van der Waals surface area contributed by atoms with E-state index in [0.29, 0.717) is 11.6 Å². The summed E-state index contributed by atoms with van der Waals surface area (Å²) in [6.07, 6.45) is -0.485. The van der Waals surface area contributed by atoms with E-state index in [1.165, 1.54) is 11.3 Å². The summed E-state index contributed by atoms with van der Waals surface area (Å²) in [6, 6.07) is 15.7. The second-order valence-electron chi connectivity index (χ2n) is 5.64. The number of aryl methyl sites for hydroxylation is 1. The zero-order valence-corrected chi connectivity index (χ0v) is 15.7. The van der Waals surface area contributed by atoms with Crippen molar-refractivity contribution >= 4 is 22.4 Å². The number of ether oxygens (including phenoxy) is 2. The van der Waals surface area contributed by atoms with Crippen LogP contribution in [-0.4, -0.2) is 24.8 Å². The van der Waals surface area contributed by atoms with Crippen molar-refractivity contribution in [1.29, 1.82) is 0 Å². The standard InChI is InChI=1S/C20H20N2O3S/c1-4-25-20(23)22-19-17(14-10-8-13(2)9-11-14)21-18(26-19)15-6-5-7-16(12-15)24-3/h5-12H,4H2,1-3H3,(H,22,23). The minimum atomic E-state index is -0.485. The maximum absolute atomic E-state index is 11.9. The monoisotopic (exact) mass is 368 g/mol. The highest BCUT2D eigenvalue weighted by Crippen LogP contribution is 2.38. The molecule has 1 heterocycles. The van der Waals surface area contributed by atoms with Crippen molar-refractivity contribution in [2.75, 3.05) is 19.0 Å². The molecule has 0 unspecified atom stereocenters. The van der Waals surface area contributed by atoms with Gasteiger partial charge in [-0.25, -0.2) is 9.78 Å². The Morgan fingerprint density at radius 2 is 1.92 bits per heavy atom. The molecule has 5 nitrogen and oxygen atoms in total. The van der Waals surface area contributed by atoms with Crippen LogP contribution in [0.3, 0.4) is 0 Å². The van der Waals surface area contributed by atoms with E-state index >= 15 is 0 Å². The number of hydrogen-bond acceptors (Lipinski definition) is 5. The molecule has 1 N–H and O–H groups in total. The van der Waals surface area contributed by atoms with Crippen molar-refractivity contribution in [3.05, 3.63) is 54.1 Å². The van der Waals surface area contributed by atoms with Gasteiger partial charge in [-0.1, -0.05) is 53.3 Å². The summed E-state index contributed by atoms with van der Waals surface area (Å²) in [5.41, 5.74) is 3.75. The molecule has 0 atom stereocenters. The van der Waals surface area contributed by atoms with Crippen molar-refractivity contribution in [3.8, 4) is 27.6 Å². The lowest BCUT2D eigenvalue weighted by Gasteiger charge is -2.05. The zero-order chi connectivity index (χ0) is 18.5. The highest BCUT2D eigenvalue weighted by atomic mass is 32.1. The Balaban J connectivity index is 2.04. The zero-order valence-electron chi connectivity index (χ0n) is 14.9. The van der Waals surface area contributed by atoms with E-state index in [-0.39, 0.29) is 0 Å². The summed E-state index contributed by atoms with van der Waals surface area (Å²) in [5, 5.41) is 4.26. The maximum atomic E-state index is 11.9. The number of nitrogens with zero attached hydrogens (tertiary/aromatic N) is 1. The summed E-state index contributed by atoms with van der Waals surface area (Å²) >= 11 is 1.41. The number of anilines is 1. The highest BCUT2D eigenvalue weighted by Gasteiger charge is 2.17. The fourth-order valence-corrected chi connectivity index (χ4v) is 3.42. The molecule has 2 aromatic carbocycles. The smallest absolute Gasteiger partial charge is 0.412 e. The average Bonchev–Trinajstić information content (AvgIpc) is 3.06. The largest absolute Gasteiger partial charge is 0.497 e. The van der Waals surface area contributed by atoms with Gasteiger partial charge in [-0.05, 0) is 26.0 Å². The molecule has 0 spiro atoms. The van der Waals surface area contributed by atoms with Crippen LogP contribution in [0.1, 0.15) is 12.5 Å². The van der Waals surface area contributed by atoms with E-state index in [1.807, 2.05) is 55.5 Å². The van der Waals surface area contributed by atoms with Gasteiger partial charge in [-0.2, -0.15) is 0 Å². The topological polar surface area (TPSA) is 60.5 Å². The number of thiazole rings is 1. The van der Waals surface area contributed by atoms with Gasteiger partial charge in [-0.15, -0.1) is 0 Å². The van der Waals surface area contributed by atoms with Gasteiger partial charge in [0.25, 0.3) is 0 Å². The van der Waals surface area contributed by atoms with Crippen molar-refractivity contribution < 1.29 is 14.3 Å². The average molecular weight is 368 g/mol. The molecule has 3 aromatic rings. The minimum Gasteiger partial charge on any atom is -0.497 e. The van der Waals surface area contributed by atoms with Crippen LogP contribution in [-0.2, 0) is 4.74 Å². The SMILES string of the molecule is CCOC(=O)Nc1sc(-c2cccc(OC)c2)nc1-c1ccc(C)cc1. The molecule has 0 aliphatic rings. The van der Waals surface area contributed by atoms with Gasteiger partial charge in [0.15, 0.2) is 0 Å². The number of carbonyl (C=O) groups excluding carboxylic acids is 1. The molecule has 1 amide bonds. The molecule has 0 fully saturated rings. The lowest BCUT2D eigenvalue weighted by Crippen LogP contribution is -2.12. The molecule has 0 saturated carbocycles. The molecule has 0 radical (unpaired) electrons. The number of benzene rings is 2. The predicted molar refractivity (Wildman–Crippen MR) is 105 cm³/mol. The van der Waals surface area contributed by atoms with Gasteiger partial charge in [0.1, 0.15) is 21.5 Å². The van der Waals surface area contributed by atoms with Crippen LogP contribution in [0.15, 0.2) is 48.5 Å². The number of carbonyl (C=O) groups is 1. The van der Waals surface area contributed by atoms with Crippen LogP contribution in [0.2, 0.25) is 0 Å². The number of hydrogen-bond donors (Lipinski definition) is 1. The first-order valence-corrected chi connectivity index (χ1v) is 9.08. The predicted octanol–water partition coefficient (Wildman–Crippen LogP) is 5.36. The lowest BCUT2D eigenvalue weighted by atomic mass is 10.1. The summed E-state index contributed by atoms with van der Waals surface area (Å²) in [4.78, 5) is 16.7. The van der Waals surface area contributed by atoms with Crippen molar-refractivity contribution in [1.82, 2.24) is 4.98 Å². The van der Waals surface area contributed by atoms with Gasteiger partial charge in [0.05, 0.1) is 13.7 Å². The molecule has 0 aliphatic heterocycles. The molecule has 6 heteroatoms. The highest BCUT2D eigenvalue weighted by molar-refractivity contribution is 7.19. The van der Waals surface area contributed by atoms with Crippen LogP contribution < -0.4 is 10.1 Å². The first-order valence-electron chi connectivity index (χ1n) is 8.26. The molecular formula is C20H20N2O3S. The Kier molecular flexibility index (Phi) is 5.53. The van der Waals surface area contributed by atoms with Crippen LogP contribution in [0, 0.1) is 6.92 Å². The molecule has 134 valence electrons. The Morgan fingerprint density at radius 3 is 2.62 bits per heavy atom. The van der Waals surface area contributed by atoms with Gasteiger partial charge in [0, 0.05) is 11.1 Å². The Labute approximate surface area is 156 Å². The molecule has 1 aromatic heterocycles. The van der Waals surface area contributed by atoms with Gasteiger partial charge < -0.3 is 9.47 Å². The van der Waals surface area contributed by atoms with E-state index in [0.717, 1.165) is 33.1 Å². The molecule has 0 bridgehead atoms. The molecule has 0 aliphatic carbocycles. The third-order valence-electron chi connectivity index (χ3n) is 3.76. The van der Waals surface area contributed by atoms with Crippen molar-refractivity contribution in [2.24, 2.45) is 0 Å². The minimum absolute atomic E-state index is 0.313. The van der Waals surface area contributed by atoms with Gasteiger partial charge >= 0.3 is 6.09 Å². The number of methoxy groups -OCH3 is 1. The van der Waals surface area contributed by atoms with E-state index in [1.54, 1.807) is 14.0 Å². The third kappa shape index (κ3) is 4.03. The molecule has 26 heavy (non-hydrogen) atoms. The van der Waals surface area contributed by atoms with E-state index in [4.69, 9.17) is 14.5 Å². The van der Waals surface area contributed by atoms with Gasteiger partial charge in [0.2, 0.25) is 0 Å². The van der Waals surface area contributed by atoms with Crippen molar-refractivity contribution in [2.45, 2.75) is 13.8 Å². The van der Waals surface area contributed by atoms with E-state index in [2.05, 4.69) is 5.32 Å². The summed E-state index contributed by atoms with van der Waals surface area (Å²) in [6.45, 7) is 4.12. The maximum Gasteiger partial charge on any atom is 0.412 e. The Bertz CT molecular complexity index is 904. The normalized spacial score (nSPS) is 10.4. The lowest BCUT2D eigenvalue weighted by molar-refractivity contribution is 0.168. The number of amides is 1. The summed E-state index contributed by atoms with van der Waals surface area (Å²) in [5.74, 6) is 0.759. The Morgan fingerprint density at radius 1 is 1.15 bits per heavy atom. The molecular weight excluding hydrogens is 348 g/mol. The van der Waals surface area contributed by atoms with Gasteiger partial charge in [-0.3, -0.25) is 5.32 Å². The molecule has 0 saturated heterocycles. The second kappa shape index (κ2) is 8.01. The number of aromatic nitrogens is 1. The number of nitrogens with one attached hydrogen (secondary N) is 1. The van der Waals surface area contributed by atoms with Crippen LogP contribution >= 0.6 is 11.3 Å². The first-order chi connectivity index (χ1) is 12.6. The van der Waals surface area contributed by atoms with Crippen molar-refractivity contribution in [3.63, 3.8) is 0 Å². The van der Waals surface area contributed by atoms with Crippen LogP contribution in [0.5, 0.6) is 5.75 Å². The molecule has 3 rings (SSSR count). The van der Waals surface area contributed by atoms with E-state index < -0.39 is 6.09 Å². The fourth-order valence-electron chi connectivity index (χ4n) is 2.45. The summed E-state index contributed by atoms with van der Waals surface area (Å²) in [7, 11) is 1.63. The summed E-state index contributed by atoms with van der Waals surface area (Å²) < 4.78 is 10.3. The first kappa shape index (κ1) is 17.9. The quantitative estimate of drug-likeness (QED) is 0.658. The fraction of sp³-hybridized carbons (Fsp3) is 0.200. The number of rotatable bonds is 5. The second-order valence-corrected chi connectivity index (χ2v) is 6.64. The Hall–Kier alpha value is -2.86. The van der Waals surface area contributed by atoms with E-state index in [9.17, 15) is 4.79 Å². The van der Waals surface area contributed by atoms with Crippen LogP contribution in [0.4, 0.5) is 9.80 Å². The van der Waals surface area contributed by atoms with Crippen LogP contribution in [0.25, 0.3) is 21.8 Å².